The zero-order valence-corrected chi connectivity index (χ0v) is 16.1. The minimum atomic E-state index is -0.0399. The molecule has 128 valence electrons. The molecule has 0 N–H and O–H groups in total. The van der Waals surface area contributed by atoms with Gasteiger partial charge in [-0.15, -0.1) is 0 Å². The molecule has 3 rings (SSSR count). The lowest BCUT2D eigenvalue weighted by atomic mass is 10.0. The SMILES string of the molecule is CCCc1ccc([S+](c2ccccc2)c2ccccc2)c(CCC)c1. The third-order valence-corrected chi connectivity index (χ3v) is 6.69. The Balaban J connectivity index is 2.13. The second-order valence-corrected chi connectivity index (χ2v) is 8.37. The molecule has 0 fully saturated rings. The first kappa shape index (κ1) is 17.8. The average molecular weight is 348 g/mol. The summed E-state index contributed by atoms with van der Waals surface area (Å²) in [4.78, 5) is 4.28. The van der Waals surface area contributed by atoms with Crippen molar-refractivity contribution in [3.63, 3.8) is 0 Å². The van der Waals surface area contributed by atoms with Crippen molar-refractivity contribution < 1.29 is 0 Å². The summed E-state index contributed by atoms with van der Waals surface area (Å²) >= 11 is 0. The smallest absolute Gasteiger partial charge is 0.0651 e. The Hall–Kier alpha value is -1.99. The van der Waals surface area contributed by atoms with Crippen LogP contribution in [0.4, 0.5) is 0 Å². The summed E-state index contributed by atoms with van der Waals surface area (Å²) in [7, 11) is -0.0399. The van der Waals surface area contributed by atoms with Crippen LogP contribution in [0.3, 0.4) is 0 Å². The molecule has 3 aromatic rings. The Morgan fingerprint density at radius 2 is 1.20 bits per heavy atom. The lowest BCUT2D eigenvalue weighted by Gasteiger charge is -2.13. The van der Waals surface area contributed by atoms with Gasteiger partial charge in [0.1, 0.15) is 0 Å². The molecule has 0 aliphatic carbocycles. The first-order chi connectivity index (χ1) is 12.3. The quantitative estimate of drug-likeness (QED) is 0.418. The van der Waals surface area contributed by atoms with Crippen LogP contribution >= 0.6 is 0 Å². The molecule has 0 saturated heterocycles. The van der Waals surface area contributed by atoms with Gasteiger partial charge in [-0.25, -0.2) is 0 Å². The van der Waals surface area contributed by atoms with E-state index in [4.69, 9.17) is 0 Å². The highest BCUT2D eigenvalue weighted by molar-refractivity contribution is 7.97. The predicted molar refractivity (Wildman–Crippen MR) is 109 cm³/mol. The Morgan fingerprint density at radius 3 is 1.72 bits per heavy atom. The topological polar surface area (TPSA) is 0 Å². The maximum atomic E-state index is 2.45. The van der Waals surface area contributed by atoms with Crippen LogP contribution in [0.2, 0.25) is 0 Å². The van der Waals surface area contributed by atoms with Gasteiger partial charge in [0.25, 0.3) is 0 Å². The average Bonchev–Trinajstić information content (AvgIpc) is 2.66. The predicted octanol–water partition coefficient (Wildman–Crippen LogP) is 6.69. The molecule has 0 saturated carbocycles. The number of rotatable bonds is 7. The third kappa shape index (κ3) is 4.35. The molecule has 25 heavy (non-hydrogen) atoms. The van der Waals surface area contributed by atoms with Gasteiger partial charge < -0.3 is 0 Å². The summed E-state index contributed by atoms with van der Waals surface area (Å²) < 4.78 is 0. The van der Waals surface area contributed by atoms with Gasteiger partial charge in [0.05, 0.1) is 10.9 Å². The van der Waals surface area contributed by atoms with Crippen molar-refractivity contribution >= 4 is 10.9 Å². The van der Waals surface area contributed by atoms with E-state index < -0.39 is 0 Å². The summed E-state index contributed by atoms with van der Waals surface area (Å²) in [6.45, 7) is 4.53. The normalized spacial score (nSPS) is 11.0. The Bertz CT molecular complexity index is 738. The van der Waals surface area contributed by atoms with Gasteiger partial charge in [0.2, 0.25) is 0 Å². The molecule has 3 aromatic carbocycles. The minimum absolute atomic E-state index is 0.0399. The fourth-order valence-electron chi connectivity index (χ4n) is 3.24. The minimum Gasteiger partial charge on any atom is -0.0651 e. The molecule has 0 bridgehead atoms. The van der Waals surface area contributed by atoms with Gasteiger partial charge in [0.15, 0.2) is 14.7 Å². The van der Waals surface area contributed by atoms with E-state index in [0.29, 0.717) is 0 Å². The summed E-state index contributed by atoms with van der Waals surface area (Å²) in [5.74, 6) is 0. The van der Waals surface area contributed by atoms with Gasteiger partial charge in [-0.05, 0) is 48.7 Å². The highest BCUT2D eigenvalue weighted by atomic mass is 32.2. The van der Waals surface area contributed by atoms with Crippen LogP contribution in [-0.2, 0) is 23.7 Å². The van der Waals surface area contributed by atoms with Crippen molar-refractivity contribution in [2.45, 2.75) is 54.2 Å². The Labute approximate surface area is 155 Å². The molecule has 0 aliphatic rings. The molecule has 0 heterocycles. The zero-order valence-electron chi connectivity index (χ0n) is 15.2. The van der Waals surface area contributed by atoms with Crippen LogP contribution in [-0.4, -0.2) is 0 Å². The lowest BCUT2D eigenvalue weighted by molar-refractivity contribution is 0.877. The van der Waals surface area contributed by atoms with Crippen LogP contribution < -0.4 is 0 Å². The van der Waals surface area contributed by atoms with E-state index in [1.165, 1.54) is 45.1 Å². The molecule has 0 radical (unpaired) electrons. The fourth-order valence-corrected chi connectivity index (χ4v) is 5.51. The highest BCUT2D eigenvalue weighted by Gasteiger charge is 2.30. The zero-order chi connectivity index (χ0) is 17.5. The maximum Gasteiger partial charge on any atom is 0.169 e. The van der Waals surface area contributed by atoms with E-state index in [2.05, 4.69) is 92.7 Å². The van der Waals surface area contributed by atoms with Crippen molar-refractivity contribution in [3.05, 3.63) is 90.0 Å². The molecule has 0 unspecified atom stereocenters. The van der Waals surface area contributed by atoms with E-state index >= 15 is 0 Å². The van der Waals surface area contributed by atoms with Crippen molar-refractivity contribution in [1.29, 1.82) is 0 Å². The van der Waals surface area contributed by atoms with Crippen molar-refractivity contribution in [2.24, 2.45) is 0 Å². The molecular formula is C24H27S+. The highest BCUT2D eigenvalue weighted by Crippen LogP contribution is 2.34. The Morgan fingerprint density at radius 1 is 0.640 bits per heavy atom. The molecule has 1 heteroatoms. The van der Waals surface area contributed by atoms with E-state index in [0.717, 1.165) is 6.42 Å². The van der Waals surface area contributed by atoms with Crippen molar-refractivity contribution in [2.75, 3.05) is 0 Å². The van der Waals surface area contributed by atoms with E-state index in [9.17, 15) is 0 Å². The molecule has 0 aromatic heterocycles. The number of hydrogen-bond acceptors (Lipinski definition) is 0. The number of benzene rings is 3. The van der Waals surface area contributed by atoms with Gasteiger partial charge in [-0.1, -0.05) is 75.2 Å². The standard InChI is InChI=1S/C24H27S/c1-3-11-20-17-18-24(21(19-20)12-4-2)25(22-13-7-5-8-14-22)23-15-9-6-10-16-23/h5-10,13-19H,3-4,11-12H2,1-2H3/q+1. The van der Waals surface area contributed by atoms with Crippen molar-refractivity contribution in [1.82, 2.24) is 0 Å². The molecule has 0 aliphatic heterocycles. The second kappa shape index (κ2) is 8.92. The fraction of sp³-hybridized carbons (Fsp3) is 0.250. The van der Waals surface area contributed by atoms with E-state index in [1.54, 1.807) is 0 Å². The number of aryl methyl sites for hydroxylation is 2. The van der Waals surface area contributed by atoms with Gasteiger partial charge in [-0.3, -0.25) is 0 Å². The van der Waals surface area contributed by atoms with Gasteiger partial charge in [0, 0.05) is 5.56 Å². The third-order valence-electron chi connectivity index (χ3n) is 4.36. The van der Waals surface area contributed by atoms with Crippen LogP contribution in [0.5, 0.6) is 0 Å². The number of hydrogen-bond donors (Lipinski definition) is 0. The summed E-state index contributed by atoms with van der Waals surface area (Å²) in [6, 6.07) is 29.1. The van der Waals surface area contributed by atoms with Crippen LogP contribution in [0.15, 0.2) is 93.5 Å². The molecule has 0 amide bonds. The Kier molecular flexibility index (Phi) is 6.36. The largest absolute Gasteiger partial charge is 0.169 e. The van der Waals surface area contributed by atoms with Gasteiger partial charge >= 0.3 is 0 Å². The first-order valence-electron chi connectivity index (χ1n) is 9.29. The molecule has 0 nitrogen and oxygen atoms in total. The van der Waals surface area contributed by atoms with E-state index in [1.807, 2.05) is 0 Å². The van der Waals surface area contributed by atoms with E-state index in [-0.39, 0.29) is 10.9 Å². The van der Waals surface area contributed by atoms with Crippen molar-refractivity contribution in [3.8, 4) is 0 Å². The first-order valence-corrected chi connectivity index (χ1v) is 10.5. The van der Waals surface area contributed by atoms with Crippen LogP contribution in [0, 0.1) is 0 Å². The molecule has 0 atom stereocenters. The lowest BCUT2D eigenvalue weighted by Crippen LogP contribution is -2.08. The summed E-state index contributed by atoms with van der Waals surface area (Å²) in [5.41, 5.74) is 2.99. The summed E-state index contributed by atoms with van der Waals surface area (Å²) in [6.07, 6.45) is 4.70. The molecule has 0 spiro atoms. The summed E-state index contributed by atoms with van der Waals surface area (Å²) in [5, 5.41) is 0. The molecular weight excluding hydrogens is 320 g/mol. The second-order valence-electron chi connectivity index (χ2n) is 6.37. The van der Waals surface area contributed by atoms with Gasteiger partial charge in [-0.2, -0.15) is 0 Å². The van der Waals surface area contributed by atoms with Crippen LogP contribution in [0.1, 0.15) is 37.8 Å². The van der Waals surface area contributed by atoms with Crippen LogP contribution in [0.25, 0.3) is 0 Å². The monoisotopic (exact) mass is 347 g/mol. The maximum absolute atomic E-state index is 2.45.